The van der Waals surface area contributed by atoms with E-state index in [2.05, 4.69) is 69.3 Å². The minimum absolute atomic E-state index is 0.0991. The predicted molar refractivity (Wildman–Crippen MR) is 110 cm³/mol. The summed E-state index contributed by atoms with van der Waals surface area (Å²) >= 11 is 0. The van der Waals surface area contributed by atoms with Gasteiger partial charge in [0.25, 0.3) is 8.32 Å². The highest BCUT2D eigenvalue weighted by Crippen LogP contribution is 2.36. The van der Waals surface area contributed by atoms with Crippen molar-refractivity contribution in [1.82, 2.24) is 0 Å². The Bertz CT molecular complexity index is 656. The van der Waals surface area contributed by atoms with Gasteiger partial charge in [0.05, 0.1) is 32.5 Å². The predicted octanol–water partition coefficient (Wildman–Crippen LogP) is 2.34. The second-order valence-corrected chi connectivity index (χ2v) is 12.4. The molecule has 1 N–H and O–H groups in total. The fraction of sp³-hybridized carbons (Fsp3) is 0.455. The van der Waals surface area contributed by atoms with E-state index in [0.29, 0.717) is 6.61 Å². The normalized spacial score (nSPS) is 18.3. The fourth-order valence-electron chi connectivity index (χ4n) is 3.53. The van der Waals surface area contributed by atoms with Gasteiger partial charge in [0.1, 0.15) is 6.10 Å². The highest BCUT2D eigenvalue weighted by molar-refractivity contribution is 6.99. The molecule has 0 aromatic heterocycles. The van der Waals surface area contributed by atoms with E-state index in [0.717, 1.165) is 6.61 Å². The van der Waals surface area contributed by atoms with Gasteiger partial charge in [-0.15, -0.1) is 0 Å². The Hall–Kier alpha value is -1.50. The van der Waals surface area contributed by atoms with Crippen LogP contribution in [0.25, 0.3) is 0 Å². The summed E-state index contributed by atoms with van der Waals surface area (Å²) in [6, 6.07) is 20.9. The van der Waals surface area contributed by atoms with Crippen LogP contribution in [0.5, 0.6) is 0 Å². The molecule has 0 amide bonds. The first kappa shape index (κ1) is 20.2. The lowest BCUT2D eigenvalue weighted by atomic mass is 10.2. The van der Waals surface area contributed by atoms with E-state index in [1.807, 2.05) is 12.1 Å². The molecule has 0 bridgehead atoms. The Kier molecular flexibility index (Phi) is 6.50. The molecule has 2 aromatic rings. The van der Waals surface area contributed by atoms with Crippen molar-refractivity contribution in [2.45, 2.75) is 38.0 Å². The highest BCUT2D eigenvalue weighted by Gasteiger charge is 2.50. The minimum Gasteiger partial charge on any atom is -0.405 e. The number of rotatable bonds is 9. The van der Waals surface area contributed by atoms with Gasteiger partial charge < -0.3 is 19.0 Å². The Balaban J connectivity index is 1.84. The molecule has 4 nitrogen and oxygen atoms in total. The van der Waals surface area contributed by atoms with Gasteiger partial charge in [-0.3, -0.25) is 0 Å². The van der Waals surface area contributed by atoms with Crippen molar-refractivity contribution in [3.8, 4) is 0 Å². The molecule has 1 aliphatic heterocycles. The van der Waals surface area contributed by atoms with Crippen molar-refractivity contribution in [3.05, 3.63) is 60.7 Å². The van der Waals surface area contributed by atoms with Crippen LogP contribution in [0.3, 0.4) is 0 Å². The van der Waals surface area contributed by atoms with Crippen LogP contribution in [0.4, 0.5) is 0 Å². The number of aliphatic hydroxyl groups excluding tert-OH is 1. The van der Waals surface area contributed by atoms with Gasteiger partial charge in [-0.05, 0) is 15.4 Å². The third kappa shape index (κ3) is 4.86. The number of ether oxygens (including phenoxy) is 2. The molecule has 2 aromatic carbocycles. The molecule has 0 spiro atoms. The molecule has 5 heteroatoms. The van der Waals surface area contributed by atoms with E-state index in [4.69, 9.17) is 13.9 Å². The zero-order valence-corrected chi connectivity index (χ0v) is 17.4. The summed E-state index contributed by atoms with van der Waals surface area (Å²) in [5, 5.41) is 12.8. The summed E-state index contributed by atoms with van der Waals surface area (Å²) in [4.78, 5) is 0. The maximum Gasteiger partial charge on any atom is 0.261 e. The van der Waals surface area contributed by atoms with Crippen LogP contribution in [0.15, 0.2) is 60.7 Å². The zero-order valence-electron chi connectivity index (χ0n) is 16.4. The van der Waals surface area contributed by atoms with Crippen LogP contribution in [0.1, 0.15) is 20.8 Å². The average Bonchev–Trinajstić information content (AvgIpc) is 3.47. The molecule has 0 saturated carbocycles. The van der Waals surface area contributed by atoms with Crippen LogP contribution >= 0.6 is 0 Å². The first-order chi connectivity index (χ1) is 12.9. The molecule has 0 aliphatic carbocycles. The Morgan fingerprint density at radius 1 is 1.00 bits per heavy atom. The van der Waals surface area contributed by atoms with Gasteiger partial charge in [0.15, 0.2) is 0 Å². The van der Waals surface area contributed by atoms with E-state index in [1.54, 1.807) is 0 Å². The zero-order chi connectivity index (χ0) is 19.3. The number of benzene rings is 2. The van der Waals surface area contributed by atoms with Gasteiger partial charge in [-0.2, -0.15) is 0 Å². The molecule has 1 fully saturated rings. The van der Waals surface area contributed by atoms with Crippen molar-refractivity contribution in [2.75, 3.05) is 26.4 Å². The summed E-state index contributed by atoms with van der Waals surface area (Å²) in [5.41, 5.74) is 0. The molecule has 2 atom stereocenters. The molecule has 0 radical (unpaired) electrons. The molecule has 2 unspecified atom stereocenters. The first-order valence-electron chi connectivity index (χ1n) is 9.56. The van der Waals surface area contributed by atoms with Gasteiger partial charge in [-0.25, -0.2) is 0 Å². The van der Waals surface area contributed by atoms with Crippen LogP contribution in [-0.4, -0.2) is 52.1 Å². The SMILES string of the molecule is CC(C)(C)[Si](OCC(O)COCC1CO1)(c1ccccc1)c1ccccc1. The lowest BCUT2D eigenvalue weighted by Crippen LogP contribution is -2.67. The lowest BCUT2D eigenvalue weighted by molar-refractivity contribution is 0.00566. The van der Waals surface area contributed by atoms with E-state index in [1.165, 1.54) is 10.4 Å². The van der Waals surface area contributed by atoms with Crippen LogP contribution < -0.4 is 10.4 Å². The van der Waals surface area contributed by atoms with Crippen LogP contribution in [-0.2, 0) is 13.9 Å². The minimum atomic E-state index is -2.60. The van der Waals surface area contributed by atoms with E-state index >= 15 is 0 Å². The molecular formula is C22H30O4Si. The average molecular weight is 387 g/mol. The maximum absolute atomic E-state index is 10.4. The first-order valence-corrected chi connectivity index (χ1v) is 11.5. The van der Waals surface area contributed by atoms with Gasteiger partial charge in [-0.1, -0.05) is 81.4 Å². The number of hydrogen-bond acceptors (Lipinski definition) is 4. The second-order valence-electron chi connectivity index (χ2n) is 8.12. The number of epoxide rings is 1. The van der Waals surface area contributed by atoms with Gasteiger partial charge in [0.2, 0.25) is 0 Å². The standard InChI is InChI=1S/C22H30O4Si/c1-22(2,3)27(20-10-6-4-7-11-20,21-12-8-5-9-13-21)26-15-18(23)14-24-16-19-17-25-19/h4-13,18-19,23H,14-17H2,1-3H3. The van der Waals surface area contributed by atoms with Crippen molar-refractivity contribution in [3.63, 3.8) is 0 Å². The summed E-state index contributed by atoms with van der Waals surface area (Å²) in [6.07, 6.45) is -0.458. The van der Waals surface area contributed by atoms with Crippen molar-refractivity contribution in [2.24, 2.45) is 0 Å². The second kappa shape index (κ2) is 8.67. The monoisotopic (exact) mass is 386 g/mol. The molecule has 146 valence electrons. The lowest BCUT2D eigenvalue weighted by Gasteiger charge is -2.43. The third-order valence-electron chi connectivity index (χ3n) is 4.93. The molecule has 1 saturated heterocycles. The summed E-state index contributed by atoms with van der Waals surface area (Å²) in [5.74, 6) is 0. The third-order valence-corrected chi connectivity index (χ3v) is 9.93. The molecular weight excluding hydrogens is 356 g/mol. The molecule has 1 heterocycles. The quantitative estimate of drug-likeness (QED) is 0.531. The fourth-order valence-corrected chi connectivity index (χ4v) is 8.13. The van der Waals surface area contributed by atoms with Crippen molar-refractivity contribution < 1.29 is 19.0 Å². The van der Waals surface area contributed by atoms with Gasteiger partial charge in [0, 0.05) is 0 Å². The smallest absolute Gasteiger partial charge is 0.261 e. The van der Waals surface area contributed by atoms with Crippen LogP contribution in [0.2, 0.25) is 5.04 Å². The number of aliphatic hydroxyl groups is 1. The Labute approximate surface area is 163 Å². The van der Waals surface area contributed by atoms with Crippen LogP contribution in [0, 0.1) is 0 Å². The summed E-state index contributed by atoms with van der Waals surface area (Å²) in [7, 11) is -2.60. The van der Waals surface area contributed by atoms with E-state index in [9.17, 15) is 5.11 Å². The van der Waals surface area contributed by atoms with Crippen molar-refractivity contribution in [1.29, 1.82) is 0 Å². The summed E-state index contributed by atoms with van der Waals surface area (Å²) < 4.78 is 17.4. The molecule has 27 heavy (non-hydrogen) atoms. The molecule has 3 rings (SSSR count). The van der Waals surface area contributed by atoms with Gasteiger partial charge >= 0.3 is 0 Å². The van der Waals surface area contributed by atoms with E-state index < -0.39 is 14.4 Å². The largest absolute Gasteiger partial charge is 0.405 e. The van der Waals surface area contributed by atoms with E-state index in [-0.39, 0.29) is 24.4 Å². The van der Waals surface area contributed by atoms with Crippen molar-refractivity contribution >= 4 is 18.7 Å². The number of hydrogen-bond donors (Lipinski definition) is 1. The highest BCUT2D eigenvalue weighted by atomic mass is 28.4. The Morgan fingerprint density at radius 3 is 1.96 bits per heavy atom. The topological polar surface area (TPSA) is 51.2 Å². The maximum atomic E-state index is 10.4. The summed E-state index contributed by atoms with van der Waals surface area (Å²) in [6.45, 7) is 8.49. The Morgan fingerprint density at radius 2 is 1.52 bits per heavy atom. The molecule has 1 aliphatic rings.